The summed E-state index contributed by atoms with van der Waals surface area (Å²) in [6.07, 6.45) is 8.49. The van der Waals surface area contributed by atoms with E-state index >= 15 is 0 Å². The first kappa shape index (κ1) is 17.2. The van der Waals surface area contributed by atoms with Gasteiger partial charge in [-0.15, -0.1) is 0 Å². The molecule has 0 spiro atoms. The maximum absolute atomic E-state index is 12.6. The number of likely N-dealkylation sites (tertiary alicyclic amines) is 1. The van der Waals surface area contributed by atoms with E-state index in [1.807, 2.05) is 0 Å². The Morgan fingerprint density at radius 1 is 1.12 bits per heavy atom. The van der Waals surface area contributed by atoms with Gasteiger partial charge in [0.1, 0.15) is 0 Å². The summed E-state index contributed by atoms with van der Waals surface area (Å²) in [5.41, 5.74) is 0.657. The van der Waals surface area contributed by atoms with Crippen LogP contribution in [0.3, 0.4) is 0 Å². The Bertz CT molecular complexity index is 659. The Morgan fingerprint density at radius 2 is 1.83 bits per heavy atom. The highest BCUT2D eigenvalue weighted by atomic mass is 32.2. The van der Waals surface area contributed by atoms with Crippen molar-refractivity contribution in [3.8, 4) is 0 Å². The number of anilines is 1. The predicted octanol–water partition coefficient (Wildman–Crippen LogP) is 1.94. The Hall–Kier alpha value is -1.67. The number of carbonyl (C=O) groups excluding carboxylic acids is 1. The molecule has 0 unspecified atom stereocenters. The molecule has 2 fully saturated rings. The molecule has 7 nitrogen and oxygen atoms in total. The van der Waals surface area contributed by atoms with Gasteiger partial charge in [-0.2, -0.15) is 0 Å². The van der Waals surface area contributed by atoms with Gasteiger partial charge in [0.2, 0.25) is 10.0 Å². The van der Waals surface area contributed by atoms with E-state index in [0.717, 1.165) is 25.7 Å². The van der Waals surface area contributed by atoms with Crippen LogP contribution in [-0.4, -0.2) is 48.7 Å². The lowest BCUT2D eigenvalue weighted by Crippen LogP contribution is -2.50. The number of piperidine rings is 1. The van der Waals surface area contributed by atoms with Gasteiger partial charge in [-0.3, -0.25) is 4.98 Å². The summed E-state index contributed by atoms with van der Waals surface area (Å²) in [5, 5.41) is 2.26. The van der Waals surface area contributed by atoms with Gasteiger partial charge < -0.3 is 10.2 Å². The highest BCUT2D eigenvalue weighted by Gasteiger charge is 2.34. The van der Waals surface area contributed by atoms with Crippen molar-refractivity contribution in [1.29, 1.82) is 0 Å². The monoisotopic (exact) mass is 352 g/mol. The SMILES string of the molecule is O=C(Nc1ccncc1)N1CCC[C@H](S(=O)(=O)NC2CCCC2)C1. The fourth-order valence-electron chi connectivity index (χ4n) is 3.39. The van der Waals surface area contributed by atoms with Gasteiger partial charge in [-0.05, 0) is 37.8 Å². The molecule has 1 aliphatic heterocycles. The second-order valence-electron chi connectivity index (χ2n) is 6.52. The zero-order valence-electron chi connectivity index (χ0n) is 13.6. The molecule has 0 radical (unpaired) electrons. The molecule has 1 aromatic heterocycles. The molecule has 24 heavy (non-hydrogen) atoms. The van der Waals surface area contributed by atoms with Gasteiger partial charge in [0, 0.05) is 37.2 Å². The van der Waals surface area contributed by atoms with Gasteiger partial charge >= 0.3 is 6.03 Å². The van der Waals surface area contributed by atoms with Crippen LogP contribution in [0.1, 0.15) is 38.5 Å². The molecule has 2 aliphatic rings. The normalized spacial score (nSPS) is 22.5. The molecule has 132 valence electrons. The highest BCUT2D eigenvalue weighted by Crippen LogP contribution is 2.22. The van der Waals surface area contributed by atoms with E-state index in [9.17, 15) is 13.2 Å². The average molecular weight is 352 g/mol. The van der Waals surface area contributed by atoms with Crippen molar-refractivity contribution in [1.82, 2.24) is 14.6 Å². The van der Waals surface area contributed by atoms with Crippen LogP contribution in [0, 0.1) is 0 Å². The lowest BCUT2D eigenvalue weighted by molar-refractivity contribution is 0.200. The molecule has 1 aliphatic carbocycles. The number of pyridine rings is 1. The number of hydrogen-bond acceptors (Lipinski definition) is 4. The molecule has 2 heterocycles. The Morgan fingerprint density at radius 3 is 2.54 bits per heavy atom. The van der Waals surface area contributed by atoms with Gasteiger partial charge in [0.05, 0.1) is 5.25 Å². The number of carbonyl (C=O) groups is 1. The zero-order chi connectivity index (χ0) is 17.0. The average Bonchev–Trinajstić information content (AvgIpc) is 3.08. The second-order valence-corrected chi connectivity index (χ2v) is 8.51. The first-order valence-corrected chi connectivity index (χ1v) is 10.1. The van der Waals surface area contributed by atoms with Crippen LogP contribution in [0.15, 0.2) is 24.5 Å². The van der Waals surface area contributed by atoms with Crippen molar-refractivity contribution in [2.45, 2.75) is 49.8 Å². The van der Waals surface area contributed by atoms with Crippen LogP contribution in [0.5, 0.6) is 0 Å². The third-order valence-corrected chi connectivity index (χ3v) is 6.65. The predicted molar refractivity (Wildman–Crippen MR) is 92.2 cm³/mol. The first-order chi connectivity index (χ1) is 11.5. The van der Waals surface area contributed by atoms with Crippen molar-refractivity contribution in [2.24, 2.45) is 0 Å². The lowest BCUT2D eigenvalue weighted by atomic mass is 10.1. The quantitative estimate of drug-likeness (QED) is 0.866. The van der Waals surface area contributed by atoms with E-state index in [-0.39, 0.29) is 18.6 Å². The third kappa shape index (κ3) is 4.24. The summed E-state index contributed by atoms with van der Waals surface area (Å²) in [4.78, 5) is 17.9. The molecule has 2 N–H and O–H groups in total. The summed E-state index contributed by atoms with van der Waals surface area (Å²) in [6.45, 7) is 0.811. The molecule has 1 saturated carbocycles. The fourth-order valence-corrected chi connectivity index (χ4v) is 5.13. The molecule has 0 bridgehead atoms. The first-order valence-electron chi connectivity index (χ1n) is 8.52. The number of nitrogens with zero attached hydrogens (tertiary/aromatic N) is 2. The standard InChI is InChI=1S/C16H24N4O3S/c21-16(18-13-7-9-17-10-8-13)20-11-3-6-15(12-20)24(22,23)19-14-4-1-2-5-14/h7-10,14-15,19H,1-6,11-12H2,(H,17,18,21)/t15-/m0/s1. The molecular weight excluding hydrogens is 328 g/mol. The minimum atomic E-state index is -3.39. The van der Waals surface area contributed by atoms with E-state index < -0.39 is 15.3 Å². The van der Waals surface area contributed by atoms with Crippen molar-refractivity contribution >= 4 is 21.7 Å². The molecular formula is C16H24N4O3S. The molecule has 1 atom stereocenters. The lowest BCUT2D eigenvalue weighted by Gasteiger charge is -2.33. The zero-order valence-corrected chi connectivity index (χ0v) is 14.5. The molecule has 2 amide bonds. The minimum Gasteiger partial charge on any atom is -0.323 e. The number of nitrogens with one attached hydrogen (secondary N) is 2. The Kier molecular flexibility index (Phi) is 5.35. The summed E-state index contributed by atoms with van der Waals surface area (Å²) in [7, 11) is -3.39. The summed E-state index contributed by atoms with van der Waals surface area (Å²) in [5.74, 6) is 0. The number of aromatic nitrogens is 1. The number of hydrogen-bond donors (Lipinski definition) is 2. The number of amides is 2. The van der Waals surface area contributed by atoms with E-state index in [1.165, 1.54) is 0 Å². The van der Waals surface area contributed by atoms with Crippen LogP contribution in [0.25, 0.3) is 0 Å². The maximum Gasteiger partial charge on any atom is 0.321 e. The van der Waals surface area contributed by atoms with E-state index in [1.54, 1.807) is 29.4 Å². The Balaban J connectivity index is 1.60. The fraction of sp³-hybridized carbons (Fsp3) is 0.625. The van der Waals surface area contributed by atoms with E-state index in [0.29, 0.717) is 25.1 Å². The summed E-state index contributed by atoms with van der Waals surface area (Å²) < 4.78 is 28.0. The smallest absolute Gasteiger partial charge is 0.321 e. The van der Waals surface area contributed by atoms with Crippen LogP contribution in [0.2, 0.25) is 0 Å². The highest BCUT2D eigenvalue weighted by molar-refractivity contribution is 7.90. The van der Waals surface area contributed by atoms with Crippen LogP contribution in [-0.2, 0) is 10.0 Å². The molecule has 8 heteroatoms. The van der Waals surface area contributed by atoms with Crippen molar-refractivity contribution in [2.75, 3.05) is 18.4 Å². The van der Waals surface area contributed by atoms with Gasteiger partial charge in [0.15, 0.2) is 0 Å². The summed E-state index contributed by atoms with van der Waals surface area (Å²) in [6, 6.07) is 3.22. The van der Waals surface area contributed by atoms with Crippen molar-refractivity contribution in [3.05, 3.63) is 24.5 Å². The van der Waals surface area contributed by atoms with Gasteiger partial charge in [-0.1, -0.05) is 12.8 Å². The van der Waals surface area contributed by atoms with E-state index in [2.05, 4.69) is 15.0 Å². The molecule has 3 rings (SSSR count). The molecule has 1 aromatic rings. The number of urea groups is 1. The van der Waals surface area contributed by atoms with E-state index in [4.69, 9.17) is 0 Å². The topological polar surface area (TPSA) is 91.4 Å². The maximum atomic E-state index is 12.6. The second kappa shape index (κ2) is 7.48. The van der Waals surface area contributed by atoms with Gasteiger partial charge in [0.25, 0.3) is 0 Å². The van der Waals surface area contributed by atoms with Gasteiger partial charge in [-0.25, -0.2) is 17.9 Å². The summed E-state index contributed by atoms with van der Waals surface area (Å²) >= 11 is 0. The van der Waals surface area contributed by atoms with Crippen LogP contribution < -0.4 is 10.0 Å². The van der Waals surface area contributed by atoms with Crippen LogP contribution >= 0.6 is 0 Å². The van der Waals surface area contributed by atoms with Crippen molar-refractivity contribution in [3.63, 3.8) is 0 Å². The van der Waals surface area contributed by atoms with Crippen LogP contribution in [0.4, 0.5) is 10.5 Å². The largest absolute Gasteiger partial charge is 0.323 e. The Labute approximate surface area is 142 Å². The van der Waals surface area contributed by atoms with Crippen molar-refractivity contribution < 1.29 is 13.2 Å². The minimum absolute atomic E-state index is 0.0658. The molecule has 1 saturated heterocycles. The number of rotatable bonds is 4. The third-order valence-electron chi connectivity index (χ3n) is 4.72. The number of sulfonamides is 1. The molecule has 0 aromatic carbocycles.